The molecule has 0 aliphatic rings. The fourth-order valence-electron chi connectivity index (χ4n) is 1.62. The van der Waals surface area contributed by atoms with Gasteiger partial charge in [-0.25, -0.2) is 4.79 Å². The van der Waals surface area contributed by atoms with Gasteiger partial charge in [0.25, 0.3) is 0 Å². The first-order valence-corrected chi connectivity index (χ1v) is 5.08. The van der Waals surface area contributed by atoms with E-state index in [0.717, 1.165) is 11.4 Å². The molecule has 1 N–H and O–H groups in total. The molecule has 17 heavy (non-hydrogen) atoms. The molecule has 0 bridgehead atoms. The first-order valence-electron chi connectivity index (χ1n) is 5.08. The second-order valence-corrected chi connectivity index (χ2v) is 3.47. The fraction of sp³-hybridized carbons (Fsp3) is 0. The summed E-state index contributed by atoms with van der Waals surface area (Å²) in [5, 5.41) is 8.05. The molecular weight excluding hydrogens is 218 g/mol. The summed E-state index contributed by atoms with van der Waals surface area (Å²) in [6, 6.07) is 7.39. The van der Waals surface area contributed by atoms with Crippen LogP contribution in [0, 0.1) is 0 Å². The molecule has 0 saturated carbocycles. The third kappa shape index (κ3) is 1.65. The van der Waals surface area contributed by atoms with Crippen LogP contribution in [0.15, 0.2) is 53.8 Å². The Morgan fingerprint density at radius 1 is 1.00 bits per heavy atom. The van der Waals surface area contributed by atoms with E-state index in [1.165, 1.54) is 9.36 Å². The Labute approximate surface area is 96.1 Å². The van der Waals surface area contributed by atoms with Crippen molar-refractivity contribution in [2.75, 3.05) is 0 Å². The molecule has 0 atom stereocenters. The number of aromatic nitrogens is 5. The highest BCUT2D eigenvalue weighted by Gasteiger charge is 2.01. The van der Waals surface area contributed by atoms with Gasteiger partial charge in [0.05, 0.1) is 23.8 Å². The normalized spacial score (nSPS) is 10.6. The molecule has 1 aromatic carbocycles. The van der Waals surface area contributed by atoms with Crippen molar-refractivity contribution in [2.45, 2.75) is 0 Å². The number of hydrogen-bond donors (Lipinski definition) is 1. The Morgan fingerprint density at radius 3 is 2.24 bits per heavy atom. The molecule has 0 aliphatic carbocycles. The number of nitrogens with one attached hydrogen (secondary N) is 1. The van der Waals surface area contributed by atoms with Crippen molar-refractivity contribution in [3.8, 4) is 11.4 Å². The molecule has 0 fully saturated rings. The van der Waals surface area contributed by atoms with Gasteiger partial charge in [-0.15, -0.1) is 0 Å². The van der Waals surface area contributed by atoms with Gasteiger partial charge in [-0.1, -0.05) is 0 Å². The molecule has 6 heteroatoms. The number of imidazole rings is 1. The van der Waals surface area contributed by atoms with Gasteiger partial charge in [-0.3, -0.25) is 4.57 Å². The van der Waals surface area contributed by atoms with Crippen molar-refractivity contribution >= 4 is 0 Å². The van der Waals surface area contributed by atoms with Crippen LogP contribution in [0.2, 0.25) is 0 Å². The van der Waals surface area contributed by atoms with Gasteiger partial charge in [0.15, 0.2) is 0 Å². The highest BCUT2D eigenvalue weighted by Crippen LogP contribution is 2.09. The van der Waals surface area contributed by atoms with E-state index in [0.29, 0.717) is 0 Å². The Bertz CT molecular complexity index is 662. The summed E-state index contributed by atoms with van der Waals surface area (Å²) in [6.45, 7) is 0. The zero-order valence-corrected chi connectivity index (χ0v) is 8.82. The average molecular weight is 227 g/mol. The van der Waals surface area contributed by atoms with Gasteiger partial charge in [0.2, 0.25) is 0 Å². The lowest BCUT2D eigenvalue weighted by Crippen LogP contribution is -2.13. The molecule has 3 aromatic rings. The largest absolute Gasteiger partial charge is 0.330 e. The zero-order valence-electron chi connectivity index (χ0n) is 8.82. The van der Waals surface area contributed by atoms with Crippen molar-refractivity contribution in [3.05, 3.63) is 59.5 Å². The molecule has 0 amide bonds. The SMILES string of the molecule is O=c1[nH]ccn1-c1ccc(-n2nccn2)cc1. The van der Waals surface area contributed by atoms with E-state index in [2.05, 4.69) is 15.2 Å². The predicted molar refractivity (Wildman–Crippen MR) is 61.3 cm³/mol. The molecule has 84 valence electrons. The standard InChI is InChI=1S/C11H9N5O/c17-11-12-7-8-15(11)9-1-3-10(4-2-9)16-13-5-6-14-16/h1-8H,(H,12,17). The van der Waals surface area contributed by atoms with Gasteiger partial charge in [0, 0.05) is 12.4 Å². The van der Waals surface area contributed by atoms with E-state index in [4.69, 9.17) is 0 Å². The lowest BCUT2D eigenvalue weighted by Gasteiger charge is -2.03. The molecule has 2 heterocycles. The van der Waals surface area contributed by atoms with Gasteiger partial charge >= 0.3 is 5.69 Å². The molecule has 2 aromatic heterocycles. The van der Waals surface area contributed by atoms with E-state index in [9.17, 15) is 4.79 Å². The third-order valence-corrected chi connectivity index (χ3v) is 2.43. The Morgan fingerprint density at radius 2 is 1.65 bits per heavy atom. The van der Waals surface area contributed by atoms with Crippen molar-refractivity contribution < 1.29 is 0 Å². The van der Waals surface area contributed by atoms with E-state index in [-0.39, 0.29) is 5.69 Å². The highest BCUT2D eigenvalue weighted by molar-refractivity contribution is 5.40. The first kappa shape index (κ1) is 9.59. The van der Waals surface area contributed by atoms with Crippen molar-refractivity contribution in [1.82, 2.24) is 24.5 Å². The minimum atomic E-state index is -0.157. The summed E-state index contributed by atoms with van der Waals surface area (Å²) in [5.41, 5.74) is 1.49. The topological polar surface area (TPSA) is 68.5 Å². The van der Waals surface area contributed by atoms with Crippen LogP contribution in [0.4, 0.5) is 0 Å². The van der Waals surface area contributed by atoms with E-state index in [1.807, 2.05) is 24.3 Å². The van der Waals surface area contributed by atoms with E-state index >= 15 is 0 Å². The molecule has 0 radical (unpaired) electrons. The van der Waals surface area contributed by atoms with Gasteiger partial charge in [0.1, 0.15) is 0 Å². The van der Waals surface area contributed by atoms with Crippen LogP contribution in [0.1, 0.15) is 0 Å². The Balaban J connectivity index is 2.01. The molecule has 0 saturated heterocycles. The summed E-state index contributed by atoms with van der Waals surface area (Å²) in [5.74, 6) is 0. The summed E-state index contributed by atoms with van der Waals surface area (Å²) in [7, 11) is 0. The fourth-order valence-corrected chi connectivity index (χ4v) is 1.62. The second-order valence-electron chi connectivity index (χ2n) is 3.47. The maximum atomic E-state index is 11.4. The Kier molecular flexibility index (Phi) is 2.11. The molecule has 0 spiro atoms. The van der Waals surface area contributed by atoms with Crippen molar-refractivity contribution in [1.29, 1.82) is 0 Å². The van der Waals surface area contributed by atoms with Crippen LogP contribution >= 0.6 is 0 Å². The number of aromatic amines is 1. The summed E-state index contributed by atoms with van der Waals surface area (Å²) < 4.78 is 1.53. The van der Waals surface area contributed by atoms with Crippen LogP contribution in [0.5, 0.6) is 0 Å². The van der Waals surface area contributed by atoms with E-state index in [1.54, 1.807) is 24.8 Å². The van der Waals surface area contributed by atoms with Crippen LogP contribution < -0.4 is 5.69 Å². The first-order chi connectivity index (χ1) is 8.34. The maximum absolute atomic E-state index is 11.4. The van der Waals surface area contributed by atoms with Crippen molar-refractivity contribution in [2.24, 2.45) is 0 Å². The summed E-state index contributed by atoms with van der Waals surface area (Å²) in [6.07, 6.45) is 6.52. The number of H-pyrrole nitrogens is 1. The number of rotatable bonds is 2. The predicted octanol–water partition coefficient (Wildman–Crippen LogP) is 0.746. The number of nitrogens with zero attached hydrogens (tertiary/aromatic N) is 4. The molecular formula is C11H9N5O. The molecule has 6 nitrogen and oxygen atoms in total. The zero-order chi connectivity index (χ0) is 11.7. The van der Waals surface area contributed by atoms with E-state index < -0.39 is 0 Å². The lowest BCUT2D eigenvalue weighted by atomic mass is 10.3. The summed E-state index contributed by atoms with van der Waals surface area (Å²) in [4.78, 5) is 15.5. The number of benzene rings is 1. The highest BCUT2D eigenvalue weighted by atomic mass is 16.1. The maximum Gasteiger partial charge on any atom is 0.330 e. The number of hydrogen-bond acceptors (Lipinski definition) is 3. The van der Waals surface area contributed by atoms with Crippen LogP contribution in [0.25, 0.3) is 11.4 Å². The summed E-state index contributed by atoms with van der Waals surface area (Å²) >= 11 is 0. The molecule has 0 unspecified atom stereocenters. The third-order valence-electron chi connectivity index (χ3n) is 2.43. The molecule has 3 rings (SSSR count). The van der Waals surface area contributed by atoms with Crippen LogP contribution in [0.3, 0.4) is 0 Å². The van der Waals surface area contributed by atoms with Crippen LogP contribution in [-0.2, 0) is 0 Å². The minimum absolute atomic E-state index is 0.157. The average Bonchev–Trinajstić information content (AvgIpc) is 3.00. The Hall–Kier alpha value is -2.63. The van der Waals surface area contributed by atoms with Gasteiger partial charge < -0.3 is 4.98 Å². The van der Waals surface area contributed by atoms with Crippen molar-refractivity contribution in [3.63, 3.8) is 0 Å². The lowest BCUT2D eigenvalue weighted by molar-refractivity contribution is 0.751. The second kappa shape index (κ2) is 3.75. The van der Waals surface area contributed by atoms with Crippen LogP contribution in [-0.4, -0.2) is 24.5 Å². The molecule has 0 aliphatic heterocycles. The van der Waals surface area contributed by atoms with Gasteiger partial charge in [-0.2, -0.15) is 15.0 Å². The smallest absolute Gasteiger partial charge is 0.312 e. The monoisotopic (exact) mass is 227 g/mol. The minimum Gasteiger partial charge on any atom is -0.312 e. The quantitative estimate of drug-likeness (QED) is 0.702. The van der Waals surface area contributed by atoms with Gasteiger partial charge in [-0.05, 0) is 24.3 Å².